The van der Waals surface area contributed by atoms with E-state index >= 15 is 0 Å². The van der Waals surface area contributed by atoms with Crippen LogP contribution in [-0.2, 0) is 19.6 Å². The number of benzene rings is 1. The molecule has 1 aromatic carbocycles. The van der Waals surface area contributed by atoms with Crippen molar-refractivity contribution in [2.75, 3.05) is 6.61 Å². The van der Waals surface area contributed by atoms with Gasteiger partial charge in [-0.05, 0) is 25.5 Å². The summed E-state index contributed by atoms with van der Waals surface area (Å²) < 4.78 is 41.3. The zero-order chi connectivity index (χ0) is 29.5. The molecule has 1 N–H and O–H groups in total. The van der Waals surface area contributed by atoms with Crippen LogP contribution in [0.25, 0.3) is 0 Å². The van der Waals surface area contributed by atoms with E-state index in [4.69, 9.17) is 14.0 Å². The first-order valence-corrected chi connectivity index (χ1v) is 17.2. The molecule has 0 spiro atoms. The molecule has 0 aromatic heterocycles. The Hall–Kier alpha value is -1.93. The molecule has 0 radical (unpaired) electrons. The van der Waals surface area contributed by atoms with E-state index in [9.17, 15) is 18.0 Å². The summed E-state index contributed by atoms with van der Waals surface area (Å²) in [6.45, 7) is 3.56. The highest BCUT2D eigenvalue weighted by molar-refractivity contribution is 7.86. The highest BCUT2D eigenvalue weighted by Crippen LogP contribution is 2.16. The third-order valence-corrected chi connectivity index (χ3v) is 8.23. The third-order valence-electron chi connectivity index (χ3n) is 7.29. The first-order valence-electron chi connectivity index (χ1n) is 15.7. The molecule has 0 aliphatic rings. The maximum absolute atomic E-state index is 12.5. The van der Waals surface area contributed by atoms with Gasteiger partial charge in [0.2, 0.25) is 5.44 Å². The lowest BCUT2D eigenvalue weighted by atomic mass is 10.0. The van der Waals surface area contributed by atoms with Gasteiger partial charge in [0, 0.05) is 0 Å². The Labute approximate surface area is 243 Å². The Balaban J connectivity index is 2.00. The number of carbonyl (C=O) groups excluding carboxylic acids is 2. The van der Waals surface area contributed by atoms with Gasteiger partial charge in [0.1, 0.15) is 0 Å². The van der Waals surface area contributed by atoms with Crippen LogP contribution in [0.15, 0.2) is 24.3 Å². The fourth-order valence-corrected chi connectivity index (χ4v) is 4.92. The molecular formula is C32H54O7S. The van der Waals surface area contributed by atoms with Gasteiger partial charge in [-0.25, -0.2) is 9.59 Å². The van der Waals surface area contributed by atoms with Crippen LogP contribution in [0.2, 0.25) is 0 Å². The first-order chi connectivity index (χ1) is 19.3. The van der Waals surface area contributed by atoms with Gasteiger partial charge in [-0.3, -0.25) is 4.55 Å². The van der Waals surface area contributed by atoms with Crippen molar-refractivity contribution < 1.29 is 32.0 Å². The maximum Gasteiger partial charge on any atom is 0.340 e. The van der Waals surface area contributed by atoms with Gasteiger partial charge < -0.3 is 9.47 Å². The lowest BCUT2D eigenvalue weighted by molar-refractivity contribution is 0.0425. The van der Waals surface area contributed by atoms with Crippen molar-refractivity contribution in [3.63, 3.8) is 0 Å². The van der Waals surface area contributed by atoms with Crippen molar-refractivity contribution in [3.8, 4) is 0 Å². The van der Waals surface area contributed by atoms with E-state index in [2.05, 4.69) is 6.92 Å². The summed E-state index contributed by atoms with van der Waals surface area (Å²) in [5, 5.41) is 0. The second-order valence-electron chi connectivity index (χ2n) is 10.9. The minimum atomic E-state index is -4.54. The van der Waals surface area contributed by atoms with E-state index in [1.54, 1.807) is 6.07 Å². The molecule has 1 unspecified atom stereocenters. The number of unbranched alkanes of at least 4 members (excludes halogenated alkanes) is 19. The van der Waals surface area contributed by atoms with E-state index in [1.807, 2.05) is 0 Å². The number of carbonyl (C=O) groups is 2. The molecule has 0 amide bonds. The van der Waals surface area contributed by atoms with Gasteiger partial charge >= 0.3 is 22.1 Å². The molecule has 0 saturated carbocycles. The fourth-order valence-electron chi connectivity index (χ4n) is 4.71. The highest BCUT2D eigenvalue weighted by atomic mass is 32.2. The average molecular weight is 583 g/mol. The minimum Gasteiger partial charge on any atom is -0.462 e. The van der Waals surface area contributed by atoms with Crippen LogP contribution in [0.3, 0.4) is 0 Å². The monoisotopic (exact) mass is 582 g/mol. The molecule has 0 fully saturated rings. The lowest BCUT2D eigenvalue weighted by Crippen LogP contribution is -2.25. The quantitative estimate of drug-likeness (QED) is 0.0696. The number of ether oxygens (including phenoxy) is 2. The maximum atomic E-state index is 12.5. The summed E-state index contributed by atoms with van der Waals surface area (Å²) in [6.07, 6.45) is 26.0. The molecular weight excluding hydrogens is 528 g/mol. The normalized spacial score (nSPS) is 12.3. The highest BCUT2D eigenvalue weighted by Gasteiger charge is 2.25. The Morgan fingerprint density at radius 3 is 1.38 bits per heavy atom. The van der Waals surface area contributed by atoms with Crippen LogP contribution in [0.1, 0.15) is 163 Å². The smallest absolute Gasteiger partial charge is 0.340 e. The fraction of sp³-hybridized carbons (Fsp3) is 0.750. The largest absolute Gasteiger partial charge is 0.462 e. The summed E-state index contributed by atoms with van der Waals surface area (Å²) in [7, 11) is -4.54. The molecule has 1 aromatic rings. The molecule has 1 atom stereocenters. The molecule has 8 heteroatoms. The zero-order valence-corrected chi connectivity index (χ0v) is 25.9. The summed E-state index contributed by atoms with van der Waals surface area (Å²) >= 11 is 0. The predicted molar refractivity (Wildman–Crippen MR) is 161 cm³/mol. The summed E-state index contributed by atoms with van der Waals surface area (Å²) in [6, 6.07) is 5.89. The number of hydrogen-bond acceptors (Lipinski definition) is 6. The first kappa shape index (κ1) is 36.1. The SMILES string of the molecule is CCCCCCCCCCCCCCCCCCCCCCOC(=O)c1ccccc1C(=O)OC(C)S(=O)(=O)O. The van der Waals surface area contributed by atoms with E-state index in [-0.39, 0.29) is 17.7 Å². The van der Waals surface area contributed by atoms with Gasteiger partial charge in [-0.1, -0.05) is 141 Å². The third kappa shape index (κ3) is 17.7. The Kier molecular flexibility index (Phi) is 20.5. The van der Waals surface area contributed by atoms with Crippen molar-refractivity contribution in [1.82, 2.24) is 0 Å². The Morgan fingerprint density at radius 1 is 0.650 bits per heavy atom. The molecule has 230 valence electrons. The second-order valence-corrected chi connectivity index (χ2v) is 12.6. The van der Waals surface area contributed by atoms with Gasteiger partial charge in [0.05, 0.1) is 17.7 Å². The van der Waals surface area contributed by atoms with Crippen molar-refractivity contribution in [1.29, 1.82) is 0 Å². The minimum absolute atomic E-state index is 0.00297. The van der Waals surface area contributed by atoms with E-state index in [0.29, 0.717) is 0 Å². The van der Waals surface area contributed by atoms with Crippen LogP contribution in [-0.4, -0.2) is 37.0 Å². The van der Waals surface area contributed by atoms with E-state index in [0.717, 1.165) is 26.2 Å². The number of rotatable bonds is 25. The zero-order valence-electron chi connectivity index (χ0n) is 25.0. The average Bonchev–Trinajstić information content (AvgIpc) is 2.93. The summed E-state index contributed by atoms with van der Waals surface area (Å²) in [4.78, 5) is 24.7. The molecule has 40 heavy (non-hydrogen) atoms. The van der Waals surface area contributed by atoms with E-state index in [1.165, 1.54) is 127 Å². The van der Waals surface area contributed by atoms with Gasteiger partial charge in [-0.2, -0.15) is 8.42 Å². The van der Waals surface area contributed by atoms with Crippen LogP contribution in [0.4, 0.5) is 0 Å². The van der Waals surface area contributed by atoms with E-state index < -0.39 is 27.5 Å². The van der Waals surface area contributed by atoms with Gasteiger partial charge in [0.25, 0.3) is 0 Å². The van der Waals surface area contributed by atoms with Crippen molar-refractivity contribution >= 4 is 22.1 Å². The van der Waals surface area contributed by atoms with Crippen molar-refractivity contribution in [3.05, 3.63) is 35.4 Å². The van der Waals surface area contributed by atoms with Gasteiger partial charge in [0.15, 0.2) is 0 Å². The number of hydrogen-bond donors (Lipinski definition) is 1. The van der Waals surface area contributed by atoms with Crippen LogP contribution < -0.4 is 0 Å². The molecule has 0 aliphatic carbocycles. The Bertz CT molecular complexity index is 914. The lowest BCUT2D eigenvalue weighted by Gasteiger charge is -2.12. The molecule has 0 saturated heterocycles. The van der Waals surface area contributed by atoms with Crippen molar-refractivity contribution in [2.24, 2.45) is 0 Å². The van der Waals surface area contributed by atoms with Crippen LogP contribution >= 0.6 is 0 Å². The molecule has 1 rings (SSSR count). The molecule has 7 nitrogen and oxygen atoms in total. The molecule has 0 bridgehead atoms. The molecule has 0 heterocycles. The summed E-state index contributed by atoms with van der Waals surface area (Å²) in [5.41, 5.74) is -1.84. The second kappa shape index (κ2) is 22.7. The number of esters is 2. The van der Waals surface area contributed by atoms with Crippen LogP contribution in [0.5, 0.6) is 0 Å². The predicted octanol–water partition coefficient (Wildman–Crippen LogP) is 9.06. The topological polar surface area (TPSA) is 107 Å². The van der Waals surface area contributed by atoms with Gasteiger partial charge in [-0.15, -0.1) is 0 Å². The summed E-state index contributed by atoms with van der Waals surface area (Å²) in [5.74, 6) is -1.68. The molecule has 0 aliphatic heterocycles. The standard InChI is InChI=1S/C32H54O7S/c1-3-4-5-6-7-8-9-10-11-12-13-14-15-16-17-18-19-20-21-24-27-38-31(33)29-25-22-23-26-30(29)32(34)39-28(2)40(35,36)37/h22-23,25-26,28H,3-21,24,27H2,1-2H3,(H,35,36,37). The Morgan fingerprint density at radius 2 is 1.00 bits per heavy atom. The van der Waals surface area contributed by atoms with Crippen molar-refractivity contribution in [2.45, 2.75) is 148 Å². The van der Waals surface area contributed by atoms with Crippen LogP contribution in [0, 0.1) is 0 Å².